The van der Waals surface area contributed by atoms with Crippen LogP contribution in [0.4, 0.5) is 0 Å². The van der Waals surface area contributed by atoms with Crippen molar-refractivity contribution in [1.29, 1.82) is 0 Å². The average Bonchev–Trinajstić information content (AvgIpc) is 3.28. The number of rotatable bonds is 7. The van der Waals surface area contributed by atoms with E-state index in [1.807, 2.05) is 18.2 Å². The Hall–Kier alpha value is -2.61. The maximum absolute atomic E-state index is 12.9. The van der Waals surface area contributed by atoms with Crippen LogP contribution in [0.15, 0.2) is 41.2 Å². The highest BCUT2D eigenvalue weighted by atomic mass is 35.5. The van der Waals surface area contributed by atoms with E-state index < -0.39 is 0 Å². The van der Waals surface area contributed by atoms with E-state index in [-0.39, 0.29) is 5.56 Å². The number of nitrogens with zero attached hydrogens (tertiary/aromatic N) is 3. The fraction of sp³-hybridized carbons (Fsp3) is 0.261. The summed E-state index contributed by atoms with van der Waals surface area (Å²) < 4.78 is 13.1. The van der Waals surface area contributed by atoms with Crippen molar-refractivity contribution in [2.24, 2.45) is 5.92 Å². The van der Waals surface area contributed by atoms with Gasteiger partial charge in [0.25, 0.3) is 5.56 Å². The van der Waals surface area contributed by atoms with Gasteiger partial charge in [-0.05, 0) is 54.3 Å². The first-order chi connectivity index (χ1) is 15.4. The van der Waals surface area contributed by atoms with Crippen molar-refractivity contribution >= 4 is 45.6 Å². The van der Waals surface area contributed by atoms with Gasteiger partial charge in [0.15, 0.2) is 17.3 Å². The average molecular weight is 490 g/mol. The van der Waals surface area contributed by atoms with Crippen LogP contribution in [0.5, 0.6) is 11.5 Å². The predicted octanol–water partition coefficient (Wildman–Crippen LogP) is 5.11. The van der Waals surface area contributed by atoms with Crippen LogP contribution in [0.25, 0.3) is 22.4 Å². The maximum atomic E-state index is 12.9. The van der Waals surface area contributed by atoms with Crippen LogP contribution in [0, 0.1) is 5.92 Å². The molecule has 0 radical (unpaired) electrons. The Morgan fingerprint density at radius 2 is 1.97 bits per heavy atom. The normalized spacial score (nSPS) is 12.1. The number of hydrogen-bond donors (Lipinski definition) is 0. The number of fused-ring (bicyclic) bond motifs is 1. The van der Waals surface area contributed by atoms with Crippen LogP contribution in [0.3, 0.4) is 0 Å². The van der Waals surface area contributed by atoms with Gasteiger partial charge in [-0.2, -0.15) is 9.50 Å². The van der Waals surface area contributed by atoms with Gasteiger partial charge in [-0.25, -0.2) is 0 Å². The number of aromatic nitrogens is 3. The van der Waals surface area contributed by atoms with Gasteiger partial charge in [-0.3, -0.25) is 4.79 Å². The van der Waals surface area contributed by atoms with Crippen LogP contribution < -0.4 is 19.6 Å². The standard InChI is InChI=1S/C23H21Cl2N3O3S/c1-13(2)8-9-31-18-7-4-14(10-19(18)30-3)11-20-22(29)28-23(32-20)26-21(27-28)16-6-5-15(24)12-17(16)25/h4-7,10-13H,8-9H2,1-3H3. The smallest absolute Gasteiger partial charge is 0.291 e. The van der Waals surface area contributed by atoms with Gasteiger partial charge in [0, 0.05) is 10.6 Å². The second kappa shape index (κ2) is 9.48. The monoisotopic (exact) mass is 489 g/mol. The summed E-state index contributed by atoms with van der Waals surface area (Å²) in [6.45, 7) is 4.92. The second-order valence-electron chi connectivity index (χ2n) is 7.61. The molecule has 0 aliphatic carbocycles. The molecule has 0 aliphatic rings. The Kier molecular flexibility index (Phi) is 6.69. The Bertz CT molecular complexity index is 1380. The molecule has 32 heavy (non-hydrogen) atoms. The van der Waals surface area contributed by atoms with Crippen molar-refractivity contribution in [2.45, 2.75) is 20.3 Å². The Morgan fingerprint density at radius 1 is 1.16 bits per heavy atom. The van der Waals surface area contributed by atoms with Crippen molar-refractivity contribution in [2.75, 3.05) is 13.7 Å². The molecule has 9 heteroatoms. The predicted molar refractivity (Wildman–Crippen MR) is 129 cm³/mol. The molecule has 166 valence electrons. The third-order valence-corrected chi connectivity index (χ3v) is 6.30. The Labute approximate surface area is 199 Å². The van der Waals surface area contributed by atoms with Crippen LogP contribution in [-0.4, -0.2) is 28.3 Å². The van der Waals surface area contributed by atoms with Gasteiger partial charge in [-0.15, -0.1) is 5.10 Å². The Balaban J connectivity index is 1.65. The van der Waals surface area contributed by atoms with Crippen molar-refractivity contribution in [1.82, 2.24) is 14.6 Å². The molecule has 0 saturated heterocycles. The number of ether oxygens (including phenoxy) is 2. The molecule has 2 heterocycles. The van der Waals surface area contributed by atoms with Crippen molar-refractivity contribution in [3.63, 3.8) is 0 Å². The summed E-state index contributed by atoms with van der Waals surface area (Å²) in [6.07, 6.45) is 2.75. The van der Waals surface area contributed by atoms with Crippen LogP contribution in [0.2, 0.25) is 10.0 Å². The summed E-state index contributed by atoms with van der Waals surface area (Å²) in [7, 11) is 1.60. The highest BCUT2D eigenvalue weighted by Gasteiger charge is 2.15. The molecule has 4 aromatic rings. The zero-order valence-corrected chi connectivity index (χ0v) is 20.1. The minimum absolute atomic E-state index is 0.245. The zero-order chi connectivity index (χ0) is 22.8. The van der Waals surface area contributed by atoms with Gasteiger partial charge in [-0.1, -0.05) is 54.5 Å². The summed E-state index contributed by atoms with van der Waals surface area (Å²) in [5.41, 5.74) is 1.19. The maximum Gasteiger partial charge on any atom is 0.291 e. The number of halogens is 2. The summed E-state index contributed by atoms with van der Waals surface area (Å²) in [4.78, 5) is 17.8. The molecule has 0 bridgehead atoms. The zero-order valence-electron chi connectivity index (χ0n) is 17.8. The minimum Gasteiger partial charge on any atom is -0.493 e. The largest absolute Gasteiger partial charge is 0.493 e. The van der Waals surface area contributed by atoms with Gasteiger partial charge in [0.1, 0.15) is 0 Å². The van der Waals surface area contributed by atoms with Crippen LogP contribution >= 0.6 is 34.5 Å². The SMILES string of the molecule is COc1cc(C=c2sc3nc(-c4ccc(Cl)cc4Cl)nn3c2=O)ccc1OCCC(C)C. The van der Waals surface area contributed by atoms with Gasteiger partial charge < -0.3 is 9.47 Å². The van der Waals surface area contributed by atoms with E-state index in [1.165, 1.54) is 15.9 Å². The third kappa shape index (κ3) is 4.75. The molecule has 4 rings (SSSR count). The summed E-state index contributed by atoms with van der Waals surface area (Å²) in [6, 6.07) is 10.7. The molecular formula is C23H21Cl2N3O3S. The molecular weight excluding hydrogens is 469 g/mol. The molecule has 2 aromatic heterocycles. The first-order valence-electron chi connectivity index (χ1n) is 10.0. The molecule has 0 unspecified atom stereocenters. The number of thiazole rings is 1. The molecule has 0 saturated carbocycles. The lowest BCUT2D eigenvalue weighted by atomic mass is 10.1. The summed E-state index contributed by atoms with van der Waals surface area (Å²) in [5, 5.41) is 5.29. The minimum atomic E-state index is -0.245. The molecule has 0 atom stereocenters. The van der Waals surface area contributed by atoms with Gasteiger partial charge >= 0.3 is 0 Å². The fourth-order valence-corrected chi connectivity index (χ4v) is 4.47. The molecule has 0 spiro atoms. The quantitative estimate of drug-likeness (QED) is 0.361. The van der Waals surface area contributed by atoms with Crippen molar-refractivity contribution in [3.05, 3.63) is 66.9 Å². The van der Waals surface area contributed by atoms with Gasteiger partial charge in [0.2, 0.25) is 4.96 Å². The van der Waals surface area contributed by atoms with E-state index in [0.717, 1.165) is 12.0 Å². The van der Waals surface area contributed by atoms with Crippen molar-refractivity contribution < 1.29 is 9.47 Å². The van der Waals surface area contributed by atoms with E-state index in [2.05, 4.69) is 23.9 Å². The van der Waals surface area contributed by atoms with E-state index >= 15 is 0 Å². The van der Waals surface area contributed by atoms with Crippen LogP contribution in [-0.2, 0) is 0 Å². The highest BCUT2D eigenvalue weighted by molar-refractivity contribution is 7.15. The highest BCUT2D eigenvalue weighted by Crippen LogP contribution is 2.30. The number of methoxy groups -OCH3 is 1. The molecule has 0 aliphatic heterocycles. The Morgan fingerprint density at radius 3 is 2.66 bits per heavy atom. The lowest BCUT2D eigenvalue weighted by molar-refractivity contribution is 0.273. The molecule has 0 amide bonds. The number of hydrogen-bond acceptors (Lipinski definition) is 6. The van der Waals surface area contributed by atoms with E-state index in [4.69, 9.17) is 32.7 Å². The number of benzene rings is 2. The van der Waals surface area contributed by atoms with Crippen molar-refractivity contribution in [3.8, 4) is 22.9 Å². The molecule has 2 aromatic carbocycles. The van der Waals surface area contributed by atoms with E-state index in [1.54, 1.807) is 31.4 Å². The van der Waals surface area contributed by atoms with Crippen LogP contribution in [0.1, 0.15) is 25.8 Å². The molecule has 0 fully saturated rings. The lowest BCUT2D eigenvalue weighted by Gasteiger charge is -2.12. The van der Waals surface area contributed by atoms with E-state index in [9.17, 15) is 4.79 Å². The van der Waals surface area contributed by atoms with Gasteiger partial charge in [0.05, 0.1) is 23.3 Å². The first-order valence-corrected chi connectivity index (χ1v) is 11.6. The first kappa shape index (κ1) is 22.6. The summed E-state index contributed by atoms with van der Waals surface area (Å²) >= 11 is 13.5. The fourth-order valence-electron chi connectivity index (χ4n) is 3.07. The van der Waals surface area contributed by atoms with E-state index in [0.29, 0.717) is 55.0 Å². The third-order valence-electron chi connectivity index (χ3n) is 4.79. The summed E-state index contributed by atoms with van der Waals surface area (Å²) in [5.74, 6) is 2.24. The molecule has 6 nitrogen and oxygen atoms in total. The topological polar surface area (TPSA) is 65.7 Å². The lowest BCUT2D eigenvalue weighted by Crippen LogP contribution is -2.23. The second-order valence-corrected chi connectivity index (χ2v) is 9.46. The molecule has 0 N–H and O–H groups in total.